The predicted octanol–water partition coefficient (Wildman–Crippen LogP) is 4.17. The summed E-state index contributed by atoms with van der Waals surface area (Å²) < 4.78 is 0. The molecule has 1 aliphatic carbocycles. The average Bonchev–Trinajstić information content (AvgIpc) is 3.09. The van der Waals surface area contributed by atoms with Crippen LogP contribution in [0.2, 0.25) is 0 Å². The summed E-state index contributed by atoms with van der Waals surface area (Å²) in [6.07, 6.45) is 5.14. The number of hydrogen-bond acceptors (Lipinski definition) is 3. The quantitative estimate of drug-likeness (QED) is 0.359. The van der Waals surface area contributed by atoms with E-state index in [9.17, 15) is 0 Å². The Kier molecular flexibility index (Phi) is 7.55. The fraction of sp³-hybridized carbons (Fsp3) is 0.476. The number of halogens is 1. The van der Waals surface area contributed by atoms with E-state index in [1.54, 1.807) is 4.88 Å². The Balaban J connectivity index is 0.00000210. The first-order chi connectivity index (χ1) is 12.8. The van der Waals surface area contributed by atoms with Gasteiger partial charge in [-0.05, 0) is 47.8 Å². The van der Waals surface area contributed by atoms with E-state index >= 15 is 0 Å². The van der Waals surface area contributed by atoms with Crippen molar-refractivity contribution < 1.29 is 0 Å². The molecule has 2 aliphatic rings. The molecule has 0 spiro atoms. The zero-order chi connectivity index (χ0) is 17.8. The molecule has 0 radical (unpaired) electrons. The Hall–Kier alpha value is -1.12. The number of benzene rings is 1. The van der Waals surface area contributed by atoms with Gasteiger partial charge in [-0.15, -0.1) is 35.3 Å². The molecule has 1 aromatic carbocycles. The first-order valence-electron chi connectivity index (χ1n) is 9.67. The van der Waals surface area contributed by atoms with Crippen LogP contribution in [0.4, 0.5) is 0 Å². The molecule has 0 saturated heterocycles. The van der Waals surface area contributed by atoms with E-state index in [1.807, 2.05) is 11.3 Å². The number of nitrogens with one attached hydrogen (secondary N) is 1. The molecule has 1 atom stereocenters. The number of nitrogens with zero attached hydrogens (tertiary/aromatic N) is 2. The molecule has 1 unspecified atom stereocenters. The molecule has 4 rings (SSSR count). The molecule has 0 bridgehead atoms. The lowest BCUT2D eigenvalue weighted by atomic mass is 9.85. The number of fused-ring (bicyclic) bond motifs is 1. The maximum atomic E-state index is 6.14. The topological polar surface area (TPSA) is 53.6 Å². The molecular formula is C21H29IN4S. The van der Waals surface area contributed by atoms with Crippen LogP contribution in [0, 0.1) is 5.92 Å². The van der Waals surface area contributed by atoms with Crippen LogP contribution in [0.5, 0.6) is 0 Å². The number of aliphatic imine (C=N–C) groups is 1. The third-order valence-corrected chi connectivity index (χ3v) is 6.72. The molecular weight excluding hydrogens is 467 g/mol. The normalized spacial score (nSPS) is 18.9. The first-order valence-corrected chi connectivity index (χ1v) is 10.6. The summed E-state index contributed by atoms with van der Waals surface area (Å²) in [6, 6.07) is 13.3. The lowest BCUT2D eigenvalue weighted by Gasteiger charge is -2.34. The summed E-state index contributed by atoms with van der Waals surface area (Å²) in [5.41, 5.74) is 8.93. The summed E-state index contributed by atoms with van der Waals surface area (Å²) in [5, 5.41) is 5.53. The molecule has 146 valence electrons. The summed E-state index contributed by atoms with van der Waals surface area (Å²) in [4.78, 5) is 8.78. The molecule has 2 aromatic rings. The van der Waals surface area contributed by atoms with E-state index in [-0.39, 0.29) is 30.0 Å². The summed E-state index contributed by atoms with van der Waals surface area (Å²) in [6.45, 7) is 3.75. The van der Waals surface area contributed by atoms with Crippen molar-refractivity contribution in [1.82, 2.24) is 10.2 Å². The third-order valence-electron chi connectivity index (χ3n) is 5.69. The average molecular weight is 496 g/mol. The van der Waals surface area contributed by atoms with Crippen LogP contribution < -0.4 is 11.1 Å². The van der Waals surface area contributed by atoms with Gasteiger partial charge in [-0.25, -0.2) is 0 Å². The zero-order valence-electron chi connectivity index (χ0n) is 15.6. The van der Waals surface area contributed by atoms with Crippen molar-refractivity contribution in [3.8, 4) is 0 Å². The smallest absolute Gasteiger partial charge is 0.188 e. The van der Waals surface area contributed by atoms with E-state index in [0.717, 1.165) is 32.0 Å². The molecule has 4 nitrogen and oxygen atoms in total. The van der Waals surface area contributed by atoms with E-state index in [1.165, 1.54) is 30.4 Å². The minimum absolute atomic E-state index is 0. The van der Waals surface area contributed by atoms with Gasteiger partial charge in [0.25, 0.3) is 0 Å². The Morgan fingerprint density at radius 1 is 1.26 bits per heavy atom. The number of guanidine groups is 1. The van der Waals surface area contributed by atoms with Crippen LogP contribution in [-0.4, -0.2) is 30.5 Å². The minimum atomic E-state index is 0. The van der Waals surface area contributed by atoms with Crippen molar-refractivity contribution in [3.05, 3.63) is 57.8 Å². The Morgan fingerprint density at radius 3 is 2.81 bits per heavy atom. The summed E-state index contributed by atoms with van der Waals surface area (Å²) >= 11 is 1.89. The highest BCUT2D eigenvalue weighted by molar-refractivity contribution is 14.0. The van der Waals surface area contributed by atoms with Crippen LogP contribution in [0.25, 0.3) is 0 Å². The van der Waals surface area contributed by atoms with Gasteiger partial charge in [-0.3, -0.25) is 9.89 Å². The van der Waals surface area contributed by atoms with Crippen molar-refractivity contribution >= 4 is 41.3 Å². The molecule has 3 N–H and O–H groups in total. The number of hydrogen-bond donors (Lipinski definition) is 2. The van der Waals surface area contributed by atoms with Crippen LogP contribution in [-0.2, 0) is 13.0 Å². The molecule has 1 aliphatic heterocycles. The summed E-state index contributed by atoms with van der Waals surface area (Å²) in [7, 11) is 0. The lowest BCUT2D eigenvalue weighted by Crippen LogP contribution is -2.39. The highest BCUT2D eigenvalue weighted by Crippen LogP contribution is 2.30. The second-order valence-corrected chi connectivity index (χ2v) is 8.42. The van der Waals surface area contributed by atoms with Crippen molar-refractivity contribution in [2.75, 3.05) is 19.6 Å². The van der Waals surface area contributed by atoms with Crippen LogP contribution in [0.3, 0.4) is 0 Å². The van der Waals surface area contributed by atoms with Gasteiger partial charge in [0.05, 0.1) is 12.6 Å². The first kappa shape index (κ1) is 20.6. The standard InChI is InChI=1S/C21H28N4S.HI/c22-21(23-13-16-5-4-6-16)24-14-19(17-7-2-1-3-8-17)25-11-9-20-18(15-25)10-12-26-20;/h1-3,7-8,10,12,16,19H,4-6,9,11,13-15H2,(H3,22,23,24);1H. The molecule has 2 heterocycles. The molecule has 6 heteroatoms. The summed E-state index contributed by atoms with van der Waals surface area (Å²) in [5.74, 6) is 1.37. The molecule has 0 amide bonds. The van der Waals surface area contributed by atoms with E-state index < -0.39 is 0 Å². The minimum Gasteiger partial charge on any atom is -0.370 e. The van der Waals surface area contributed by atoms with Crippen LogP contribution >= 0.6 is 35.3 Å². The van der Waals surface area contributed by atoms with Gasteiger partial charge in [0, 0.05) is 24.5 Å². The van der Waals surface area contributed by atoms with E-state index in [4.69, 9.17) is 10.7 Å². The van der Waals surface area contributed by atoms with Crippen LogP contribution in [0.1, 0.15) is 41.3 Å². The Bertz CT molecular complexity index is 742. The largest absolute Gasteiger partial charge is 0.370 e. The van der Waals surface area contributed by atoms with Gasteiger partial charge in [0.15, 0.2) is 5.96 Å². The maximum Gasteiger partial charge on any atom is 0.188 e. The Labute approximate surface area is 183 Å². The monoisotopic (exact) mass is 496 g/mol. The highest BCUT2D eigenvalue weighted by atomic mass is 127. The van der Waals surface area contributed by atoms with Crippen molar-refractivity contribution in [1.29, 1.82) is 0 Å². The van der Waals surface area contributed by atoms with Gasteiger partial charge in [-0.1, -0.05) is 36.8 Å². The lowest BCUT2D eigenvalue weighted by molar-refractivity contribution is 0.185. The highest BCUT2D eigenvalue weighted by Gasteiger charge is 2.25. The van der Waals surface area contributed by atoms with Gasteiger partial charge in [0.1, 0.15) is 0 Å². The van der Waals surface area contributed by atoms with Crippen molar-refractivity contribution in [2.45, 2.75) is 38.3 Å². The third kappa shape index (κ3) is 5.23. The SMILES string of the molecule is I.NC(=NCC(c1ccccc1)N1CCc2sccc2C1)NCC1CCC1. The van der Waals surface area contributed by atoms with Gasteiger partial charge in [0.2, 0.25) is 0 Å². The van der Waals surface area contributed by atoms with Crippen LogP contribution in [0.15, 0.2) is 46.8 Å². The second kappa shape index (κ2) is 9.89. The fourth-order valence-corrected chi connectivity index (χ4v) is 4.72. The van der Waals surface area contributed by atoms with E-state index in [0.29, 0.717) is 12.5 Å². The zero-order valence-corrected chi connectivity index (χ0v) is 18.8. The van der Waals surface area contributed by atoms with Gasteiger partial charge in [-0.2, -0.15) is 0 Å². The number of rotatable bonds is 6. The fourth-order valence-electron chi connectivity index (χ4n) is 3.83. The molecule has 1 fully saturated rings. The van der Waals surface area contributed by atoms with Crippen molar-refractivity contribution in [3.63, 3.8) is 0 Å². The predicted molar refractivity (Wildman–Crippen MR) is 125 cm³/mol. The molecule has 27 heavy (non-hydrogen) atoms. The van der Waals surface area contributed by atoms with Gasteiger partial charge >= 0.3 is 0 Å². The number of thiophene rings is 1. The Morgan fingerprint density at radius 2 is 2.07 bits per heavy atom. The van der Waals surface area contributed by atoms with E-state index in [2.05, 4.69) is 52.0 Å². The molecule has 1 aromatic heterocycles. The van der Waals surface area contributed by atoms with Gasteiger partial charge < -0.3 is 11.1 Å². The molecule has 1 saturated carbocycles. The maximum absolute atomic E-state index is 6.14. The number of nitrogens with two attached hydrogens (primary N) is 1. The second-order valence-electron chi connectivity index (χ2n) is 7.42. The van der Waals surface area contributed by atoms with Crippen molar-refractivity contribution in [2.24, 2.45) is 16.6 Å².